The lowest BCUT2D eigenvalue weighted by Gasteiger charge is -2.05. The van der Waals surface area contributed by atoms with Crippen molar-refractivity contribution in [1.82, 2.24) is 0 Å². The molecule has 0 fully saturated rings. The van der Waals surface area contributed by atoms with Gasteiger partial charge in [0, 0.05) is 0 Å². The first-order chi connectivity index (χ1) is 7.61. The average Bonchev–Trinajstić information content (AvgIpc) is 2.27. The second-order valence-corrected chi connectivity index (χ2v) is 3.32. The smallest absolute Gasteiger partial charge is 0.337 e. The van der Waals surface area contributed by atoms with Crippen LogP contribution in [-0.4, -0.2) is 45.2 Å². The average molecular weight is 243 g/mol. The van der Waals surface area contributed by atoms with Gasteiger partial charge < -0.3 is 10.2 Å². The number of fused-ring (bicyclic) bond motifs is 1. The molecule has 0 amide bonds. The van der Waals surface area contributed by atoms with Gasteiger partial charge in [0.2, 0.25) is 0 Å². The van der Waals surface area contributed by atoms with E-state index in [0.29, 0.717) is 10.8 Å². The Morgan fingerprint density at radius 3 is 2.12 bits per heavy atom. The van der Waals surface area contributed by atoms with E-state index in [1.807, 2.05) is 0 Å². The Labute approximate surface area is 113 Å². The van der Waals surface area contributed by atoms with Crippen molar-refractivity contribution >= 4 is 45.8 Å². The molecule has 4 nitrogen and oxygen atoms in total. The standard InChI is InChI=1S/C12H8O4.Mg.2H/c13-11(14)9-6-5-7-3-1-2-4-8(7)10(9)12(15)16;;;/h1-6H,(H,13,14)(H,15,16);;;. The highest BCUT2D eigenvalue weighted by molar-refractivity contribution is 6.11. The molecular weight excluding hydrogens is 232 g/mol. The molecule has 2 rings (SSSR count). The molecule has 0 aliphatic carbocycles. The second-order valence-electron chi connectivity index (χ2n) is 3.32. The molecule has 0 bridgehead atoms. The molecule has 2 N–H and O–H groups in total. The summed E-state index contributed by atoms with van der Waals surface area (Å²) >= 11 is 0. The highest BCUT2D eigenvalue weighted by atomic mass is 24.3. The number of carboxylic acids is 2. The summed E-state index contributed by atoms with van der Waals surface area (Å²) in [5.41, 5.74) is -0.350. The van der Waals surface area contributed by atoms with Gasteiger partial charge in [0.25, 0.3) is 0 Å². The van der Waals surface area contributed by atoms with E-state index in [1.165, 1.54) is 6.07 Å². The Balaban J connectivity index is 0.00000144. The minimum absolute atomic E-state index is 0. The second kappa shape index (κ2) is 5.16. The van der Waals surface area contributed by atoms with Gasteiger partial charge >= 0.3 is 35.0 Å². The van der Waals surface area contributed by atoms with Crippen LogP contribution in [-0.2, 0) is 0 Å². The Bertz CT molecular complexity index is 592. The van der Waals surface area contributed by atoms with Crippen molar-refractivity contribution in [1.29, 1.82) is 0 Å². The van der Waals surface area contributed by atoms with Gasteiger partial charge in [-0.1, -0.05) is 30.3 Å². The van der Waals surface area contributed by atoms with Crippen LogP contribution in [0.25, 0.3) is 10.8 Å². The van der Waals surface area contributed by atoms with E-state index in [0.717, 1.165) is 0 Å². The van der Waals surface area contributed by atoms with Crippen LogP contribution in [0.4, 0.5) is 0 Å². The third-order valence-corrected chi connectivity index (χ3v) is 2.37. The summed E-state index contributed by atoms with van der Waals surface area (Å²) in [6, 6.07) is 9.72. The van der Waals surface area contributed by atoms with E-state index in [1.54, 1.807) is 30.3 Å². The minimum atomic E-state index is -1.23. The van der Waals surface area contributed by atoms with Crippen molar-refractivity contribution in [3.8, 4) is 0 Å². The van der Waals surface area contributed by atoms with Crippen LogP contribution in [0.2, 0.25) is 0 Å². The van der Waals surface area contributed by atoms with E-state index in [2.05, 4.69) is 0 Å². The molecule has 17 heavy (non-hydrogen) atoms. The summed E-state index contributed by atoms with van der Waals surface area (Å²) < 4.78 is 0. The summed E-state index contributed by atoms with van der Waals surface area (Å²) in [5.74, 6) is -2.46. The predicted molar refractivity (Wildman–Crippen MR) is 66.4 cm³/mol. The number of carbonyl (C=O) groups is 2. The van der Waals surface area contributed by atoms with Crippen LogP contribution in [0.1, 0.15) is 20.7 Å². The Morgan fingerprint density at radius 2 is 1.53 bits per heavy atom. The molecule has 0 saturated heterocycles. The molecule has 0 unspecified atom stereocenters. The van der Waals surface area contributed by atoms with E-state index >= 15 is 0 Å². The molecular formula is C12H10MgO4. The fourth-order valence-corrected chi connectivity index (χ4v) is 1.68. The molecule has 0 aliphatic rings. The van der Waals surface area contributed by atoms with Gasteiger partial charge in [0.1, 0.15) is 0 Å². The Morgan fingerprint density at radius 1 is 0.882 bits per heavy atom. The van der Waals surface area contributed by atoms with E-state index in [-0.39, 0.29) is 34.2 Å². The summed E-state index contributed by atoms with van der Waals surface area (Å²) in [4.78, 5) is 22.0. The summed E-state index contributed by atoms with van der Waals surface area (Å²) in [7, 11) is 0. The number of hydrogen-bond acceptors (Lipinski definition) is 2. The molecule has 0 radical (unpaired) electrons. The van der Waals surface area contributed by atoms with Gasteiger partial charge in [-0.3, -0.25) is 0 Å². The lowest BCUT2D eigenvalue weighted by molar-refractivity contribution is 0.0653. The van der Waals surface area contributed by atoms with Crippen molar-refractivity contribution in [2.75, 3.05) is 0 Å². The maximum atomic E-state index is 11.1. The lowest BCUT2D eigenvalue weighted by Crippen LogP contribution is -2.08. The highest BCUT2D eigenvalue weighted by Gasteiger charge is 2.18. The minimum Gasteiger partial charge on any atom is -0.478 e. The third-order valence-electron chi connectivity index (χ3n) is 2.37. The van der Waals surface area contributed by atoms with Crippen LogP contribution in [0.5, 0.6) is 0 Å². The fraction of sp³-hybridized carbons (Fsp3) is 0. The first-order valence-corrected chi connectivity index (χ1v) is 4.59. The highest BCUT2D eigenvalue weighted by Crippen LogP contribution is 2.22. The SMILES string of the molecule is O=C(O)c1ccc2ccccc2c1C(=O)O.[MgH2]. The van der Waals surface area contributed by atoms with Gasteiger partial charge in [-0.05, 0) is 16.8 Å². The Kier molecular flexibility index (Phi) is 4.09. The van der Waals surface area contributed by atoms with Crippen molar-refractivity contribution < 1.29 is 19.8 Å². The van der Waals surface area contributed by atoms with Gasteiger partial charge in [0.15, 0.2) is 0 Å². The van der Waals surface area contributed by atoms with Crippen molar-refractivity contribution in [3.63, 3.8) is 0 Å². The predicted octanol–water partition coefficient (Wildman–Crippen LogP) is 1.32. The van der Waals surface area contributed by atoms with Crippen molar-refractivity contribution in [3.05, 3.63) is 47.5 Å². The van der Waals surface area contributed by atoms with Crippen LogP contribution in [0.15, 0.2) is 36.4 Å². The lowest BCUT2D eigenvalue weighted by atomic mass is 9.99. The van der Waals surface area contributed by atoms with Crippen LogP contribution < -0.4 is 0 Å². The zero-order valence-corrected chi connectivity index (χ0v) is 8.18. The molecule has 2 aromatic carbocycles. The molecule has 0 saturated carbocycles. The number of aromatic carboxylic acids is 2. The number of hydrogen-bond donors (Lipinski definition) is 2. The van der Waals surface area contributed by atoms with Crippen LogP contribution >= 0.6 is 0 Å². The normalized spacial score (nSPS) is 9.65. The molecule has 0 aliphatic heterocycles. The molecule has 2 aromatic rings. The Hall–Kier alpha value is -1.59. The quantitative estimate of drug-likeness (QED) is 0.779. The van der Waals surface area contributed by atoms with Gasteiger partial charge in [0.05, 0.1) is 11.1 Å². The van der Waals surface area contributed by atoms with E-state index < -0.39 is 11.9 Å². The van der Waals surface area contributed by atoms with Crippen molar-refractivity contribution in [2.24, 2.45) is 0 Å². The molecule has 84 valence electrons. The van der Waals surface area contributed by atoms with Crippen LogP contribution in [0.3, 0.4) is 0 Å². The topological polar surface area (TPSA) is 74.6 Å². The van der Waals surface area contributed by atoms with Gasteiger partial charge in [-0.25, -0.2) is 9.59 Å². The van der Waals surface area contributed by atoms with Gasteiger partial charge in [-0.15, -0.1) is 0 Å². The molecule has 0 spiro atoms. The van der Waals surface area contributed by atoms with E-state index in [4.69, 9.17) is 10.2 Å². The van der Waals surface area contributed by atoms with Crippen molar-refractivity contribution in [2.45, 2.75) is 0 Å². The van der Waals surface area contributed by atoms with Gasteiger partial charge in [-0.2, -0.15) is 0 Å². The first kappa shape index (κ1) is 13.5. The molecule has 0 heterocycles. The third kappa shape index (κ3) is 2.40. The largest absolute Gasteiger partial charge is 0.478 e. The zero-order chi connectivity index (χ0) is 11.7. The maximum absolute atomic E-state index is 11.1. The van der Waals surface area contributed by atoms with Crippen LogP contribution in [0, 0.1) is 0 Å². The summed E-state index contributed by atoms with van der Waals surface area (Å²) in [5, 5.41) is 19.1. The molecule has 0 atom stereocenters. The fourth-order valence-electron chi connectivity index (χ4n) is 1.68. The number of rotatable bonds is 2. The summed E-state index contributed by atoms with van der Waals surface area (Å²) in [6.07, 6.45) is 0. The number of carboxylic acid groups (broad SMARTS) is 2. The maximum Gasteiger partial charge on any atom is 0.337 e. The molecule has 0 aromatic heterocycles. The van der Waals surface area contributed by atoms with E-state index in [9.17, 15) is 9.59 Å². The zero-order valence-electron chi connectivity index (χ0n) is 8.18. The molecule has 5 heteroatoms. The number of benzene rings is 2. The summed E-state index contributed by atoms with van der Waals surface area (Å²) in [6.45, 7) is 0. The monoisotopic (exact) mass is 242 g/mol. The first-order valence-electron chi connectivity index (χ1n) is 4.59.